The molecule has 0 N–H and O–H groups in total. The minimum atomic E-state index is -1.20. The molecule has 2 fully saturated rings. The van der Waals surface area contributed by atoms with Crippen LogP contribution in [0.5, 0.6) is 0 Å². The van der Waals surface area contributed by atoms with E-state index in [4.69, 9.17) is 51.2 Å². The smallest absolute Gasteiger partial charge is 0.259 e. The molecule has 0 radical (unpaired) electrons. The van der Waals surface area contributed by atoms with Crippen LogP contribution in [-0.4, -0.2) is 33.7 Å². The molecule has 2 bridgehead atoms. The molecule has 0 aromatic heterocycles. The zero-order chi connectivity index (χ0) is 13.5. The van der Waals surface area contributed by atoms with E-state index in [0.29, 0.717) is 5.06 Å². The van der Waals surface area contributed by atoms with E-state index in [2.05, 4.69) is 0 Å². The highest BCUT2D eigenvalue weighted by atomic mass is 35.5. The van der Waals surface area contributed by atoms with Gasteiger partial charge in [-0.25, -0.2) is 0 Å². The zero-order valence-corrected chi connectivity index (χ0v) is 12.1. The highest BCUT2D eigenvalue weighted by Crippen LogP contribution is 2.69. The van der Waals surface area contributed by atoms with Gasteiger partial charge in [0.2, 0.25) is 0 Å². The molecule has 1 saturated carbocycles. The zero-order valence-electron chi connectivity index (χ0n) is 9.05. The number of allylic oxidation sites excluding steroid dienone is 2. The van der Waals surface area contributed by atoms with Gasteiger partial charge in [0.15, 0.2) is 0 Å². The van der Waals surface area contributed by atoms with Crippen LogP contribution in [0, 0.1) is 11.8 Å². The Morgan fingerprint density at radius 3 is 1.83 bits per heavy atom. The number of hydrogen-bond donors (Lipinski definition) is 0. The highest BCUT2D eigenvalue weighted by molar-refractivity contribution is 6.52. The van der Waals surface area contributed by atoms with Crippen LogP contribution in [0.3, 0.4) is 0 Å². The summed E-state index contributed by atoms with van der Waals surface area (Å²) < 4.78 is 0. The lowest BCUT2D eigenvalue weighted by Gasteiger charge is -2.28. The number of carbonyl (C=O) groups excluding carboxylic acids is 2. The first-order valence-electron chi connectivity index (χ1n) is 5.15. The van der Waals surface area contributed by atoms with Crippen molar-refractivity contribution in [3.05, 3.63) is 10.1 Å². The molecule has 18 heavy (non-hydrogen) atoms. The number of hydrogen-bond acceptors (Lipinski definition) is 3. The molecule has 1 heterocycles. The SMILES string of the molecule is CON1C(=O)[C@H]2[C@H](C1=O)[C@@]1(Cl)C[C@@]2(Cl)C(Cl)=C1Cl. The Bertz CT molecular complexity index is 479. The fraction of sp³-hybridized carbons (Fsp3) is 0.600. The first kappa shape index (κ1) is 13.0. The Balaban J connectivity index is 2.20. The lowest BCUT2D eigenvalue weighted by atomic mass is 9.84. The second-order valence-corrected chi connectivity index (χ2v) is 6.74. The van der Waals surface area contributed by atoms with Gasteiger partial charge in [0.25, 0.3) is 11.8 Å². The lowest BCUT2D eigenvalue weighted by molar-refractivity contribution is -0.181. The maximum atomic E-state index is 12.1. The molecule has 0 unspecified atom stereocenters. The van der Waals surface area contributed by atoms with Gasteiger partial charge in [0.05, 0.1) is 38.8 Å². The van der Waals surface area contributed by atoms with Crippen LogP contribution in [0.1, 0.15) is 6.42 Å². The van der Waals surface area contributed by atoms with Crippen LogP contribution >= 0.6 is 46.4 Å². The van der Waals surface area contributed by atoms with Gasteiger partial charge in [0, 0.05) is 0 Å². The van der Waals surface area contributed by atoms with Crippen molar-refractivity contribution in [2.24, 2.45) is 11.8 Å². The molecule has 4 nitrogen and oxygen atoms in total. The average Bonchev–Trinajstić information content (AvgIpc) is 2.78. The van der Waals surface area contributed by atoms with Crippen LogP contribution in [0.15, 0.2) is 10.1 Å². The summed E-state index contributed by atoms with van der Waals surface area (Å²) in [5.41, 5.74) is 0. The van der Waals surface area contributed by atoms with Gasteiger partial charge >= 0.3 is 0 Å². The van der Waals surface area contributed by atoms with Crippen molar-refractivity contribution in [3.63, 3.8) is 0 Å². The van der Waals surface area contributed by atoms with Crippen molar-refractivity contribution in [2.45, 2.75) is 16.2 Å². The molecule has 8 heteroatoms. The average molecular weight is 331 g/mol. The molecular formula is C10H7Cl4NO3. The van der Waals surface area contributed by atoms with Gasteiger partial charge in [-0.3, -0.25) is 14.4 Å². The molecule has 4 atom stereocenters. The normalized spacial score (nSPS) is 46.4. The Hall–Kier alpha value is -0.000000000000000167. The van der Waals surface area contributed by atoms with Crippen molar-refractivity contribution in [3.8, 4) is 0 Å². The Labute approximate surface area is 123 Å². The van der Waals surface area contributed by atoms with Gasteiger partial charge < -0.3 is 0 Å². The number of halogens is 4. The fourth-order valence-corrected chi connectivity index (χ4v) is 5.05. The summed E-state index contributed by atoms with van der Waals surface area (Å²) in [5, 5.41) is 0.991. The van der Waals surface area contributed by atoms with Crippen LogP contribution in [0.4, 0.5) is 0 Å². The minimum absolute atomic E-state index is 0.154. The summed E-state index contributed by atoms with van der Waals surface area (Å²) in [4.78, 5) is 26.6. The number of fused-ring (bicyclic) bond motifs is 5. The predicted octanol–water partition coefficient (Wildman–Crippen LogP) is 2.21. The quantitative estimate of drug-likeness (QED) is 0.547. The van der Waals surface area contributed by atoms with Gasteiger partial charge in [0.1, 0.15) is 0 Å². The largest absolute Gasteiger partial charge is 0.272 e. The van der Waals surface area contributed by atoms with Gasteiger partial charge in [-0.1, -0.05) is 23.2 Å². The van der Waals surface area contributed by atoms with E-state index in [1.54, 1.807) is 0 Å². The highest BCUT2D eigenvalue weighted by Gasteiger charge is 2.76. The Morgan fingerprint density at radius 2 is 1.50 bits per heavy atom. The first-order chi connectivity index (χ1) is 8.29. The Morgan fingerprint density at radius 1 is 1.11 bits per heavy atom. The van der Waals surface area contributed by atoms with Gasteiger partial charge in [-0.2, -0.15) is 5.06 Å². The summed E-state index contributed by atoms with van der Waals surface area (Å²) in [6.45, 7) is 0. The maximum absolute atomic E-state index is 12.1. The number of alkyl halides is 2. The lowest BCUT2D eigenvalue weighted by Crippen LogP contribution is -2.38. The predicted molar refractivity (Wildman–Crippen MR) is 66.4 cm³/mol. The van der Waals surface area contributed by atoms with Crippen LogP contribution < -0.4 is 0 Å². The third-order valence-corrected chi connectivity index (χ3v) is 6.33. The third-order valence-electron chi connectivity index (χ3n) is 3.87. The molecule has 3 rings (SSSR count). The molecule has 2 amide bonds. The molecule has 0 aromatic carbocycles. The number of hydroxylamine groups is 2. The molecule has 0 spiro atoms. The van der Waals surface area contributed by atoms with E-state index in [1.165, 1.54) is 7.11 Å². The monoisotopic (exact) mass is 329 g/mol. The second kappa shape index (κ2) is 3.55. The van der Waals surface area contributed by atoms with E-state index < -0.39 is 33.4 Å². The van der Waals surface area contributed by atoms with Crippen LogP contribution in [0.2, 0.25) is 0 Å². The summed E-state index contributed by atoms with van der Waals surface area (Å²) in [6.07, 6.45) is 0.172. The van der Waals surface area contributed by atoms with Crippen molar-refractivity contribution < 1.29 is 14.4 Å². The van der Waals surface area contributed by atoms with Crippen molar-refractivity contribution in [1.29, 1.82) is 0 Å². The van der Waals surface area contributed by atoms with Crippen LogP contribution in [0.25, 0.3) is 0 Å². The first-order valence-corrected chi connectivity index (χ1v) is 6.66. The van der Waals surface area contributed by atoms with Gasteiger partial charge in [-0.15, -0.1) is 23.2 Å². The Kier molecular flexibility index (Phi) is 2.57. The topological polar surface area (TPSA) is 46.6 Å². The van der Waals surface area contributed by atoms with E-state index >= 15 is 0 Å². The molecule has 3 aliphatic rings. The molecule has 0 aromatic rings. The molecule has 2 aliphatic carbocycles. The van der Waals surface area contributed by atoms with Crippen molar-refractivity contribution in [2.75, 3.05) is 7.11 Å². The third kappa shape index (κ3) is 1.15. The summed E-state index contributed by atoms with van der Waals surface area (Å²) in [5.74, 6) is -2.68. The van der Waals surface area contributed by atoms with Crippen molar-refractivity contribution in [1.82, 2.24) is 5.06 Å². The summed E-state index contributed by atoms with van der Waals surface area (Å²) in [6, 6.07) is 0. The van der Waals surface area contributed by atoms with Crippen molar-refractivity contribution >= 4 is 58.2 Å². The molecular weight excluding hydrogens is 324 g/mol. The minimum Gasteiger partial charge on any atom is -0.272 e. The van der Waals surface area contributed by atoms with Crippen LogP contribution in [-0.2, 0) is 14.4 Å². The number of imide groups is 1. The fourth-order valence-electron chi connectivity index (χ4n) is 3.13. The number of amides is 2. The van der Waals surface area contributed by atoms with E-state index in [1.807, 2.05) is 0 Å². The standard InChI is InChI=1S/C10H7Cl4NO3/c1-18-15-7(16)3-4(8(15)17)10(14)2-9(3,13)5(11)6(10)12/h3-4H,2H2,1H3/t3-,4-,9+,10+/m1/s1. The number of rotatable bonds is 1. The molecule has 1 aliphatic heterocycles. The summed E-state index contributed by atoms with van der Waals surface area (Å²) in [7, 11) is 1.23. The molecule has 1 saturated heterocycles. The van der Waals surface area contributed by atoms with E-state index in [9.17, 15) is 9.59 Å². The van der Waals surface area contributed by atoms with Gasteiger partial charge in [-0.05, 0) is 6.42 Å². The molecule has 98 valence electrons. The number of carbonyl (C=O) groups is 2. The number of nitrogens with zero attached hydrogens (tertiary/aromatic N) is 1. The van der Waals surface area contributed by atoms with E-state index in [0.717, 1.165) is 0 Å². The second-order valence-electron chi connectivity index (χ2n) is 4.64. The van der Waals surface area contributed by atoms with E-state index in [-0.39, 0.29) is 16.5 Å². The maximum Gasteiger partial charge on any atom is 0.259 e. The summed E-state index contributed by atoms with van der Waals surface area (Å²) >= 11 is 24.9.